The summed E-state index contributed by atoms with van der Waals surface area (Å²) in [5, 5.41) is 19.8. The Kier molecular flexibility index (Phi) is 3.01. The summed E-state index contributed by atoms with van der Waals surface area (Å²) in [6.07, 6.45) is 1.53. The van der Waals surface area contributed by atoms with Crippen molar-refractivity contribution in [2.75, 3.05) is 5.32 Å². The van der Waals surface area contributed by atoms with Crippen molar-refractivity contribution in [1.82, 2.24) is 0 Å². The second-order valence-corrected chi connectivity index (χ2v) is 4.28. The van der Waals surface area contributed by atoms with Crippen LogP contribution in [0.2, 0.25) is 0 Å². The molecule has 0 aliphatic carbocycles. The fourth-order valence-electron chi connectivity index (χ4n) is 1.92. The van der Waals surface area contributed by atoms with Crippen LogP contribution in [0.3, 0.4) is 0 Å². The lowest BCUT2D eigenvalue weighted by Gasteiger charge is -1.94. The van der Waals surface area contributed by atoms with Gasteiger partial charge in [-0.25, -0.2) is 0 Å². The third-order valence-corrected chi connectivity index (χ3v) is 2.90. The molecule has 0 radical (unpaired) electrons. The second kappa shape index (κ2) is 4.97. The van der Waals surface area contributed by atoms with Gasteiger partial charge in [0.15, 0.2) is 5.71 Å². The number of rotatable bonds is 2. The van der Waals surface area contributed by atoms with Gasteiger partial charge in [-0.1, -0.05) is 18.2 Å². The molecule has 0 unspecified atom stereocenters. The number of phenolic OH excluding ortho intramolecular Hbond substituents is 1. The fraction of sp³-hybridized carbons (Fsp3) is 0. The van der Waals surface area contributed by atoms with Gasteiger partial charge >= 0.3 is 0 Å². The van der Waals surface area contributed by atoms with Crippen LogP contribution in [0.1, 0.15) is 11.1 Å². The molecule has 0 fully saturated rings. The summed E-state index contributed by atoms with van der Waals surface area (Å²) < 4.78 is 0. The van der Waals surface area contributed by atoms with E-state index in [4.69, 9.17) is 0 Å². The molecule has 0 bridgehead atoms. The quantitative estimate of drug-likeness (QED) is 0.645. The number of hydrogen-bond acceptors (Lipinski definition) is 4. The maximum Gasteiger partial charge on any atom is 0.276 e. The first-order valence-electron chi connectivity index (χ1n) is 6.05. The normalized spacial score (nSPS) is 15.6. The van der Waals surface area contributed by atoms with Crippen molar-refractivity contribution in [3.63, 3.8) is 0 Å². The zero-order valence-electron chi connectivity index (χ0n) is 10.4. The lowest BCUT2D eigenvalue weighted by Crippen LogP contribution is -2.13. The molecule has 2 aromatic carbocycles. The third kappa shape index (κ3) is 2.29. The zero-order valence-corrected chi connectivity index (χ0v) is 10.4. The minimum atomic E-state index is -0.256. The fourth-order valence-corrected chi connectivity index (χ4v) is 1.92. The summed E-state index contributed by atoms with van der Waals surface area (Å²) in [6, 6.07) is 13.9. The Bertz CT molecular complexity index is 718. The Labute approximate surface area is 115 Å². The molecule has 0 atom stereocenters. The number of anilines is 1. The monoisotopic (exact) mass is 265 g/mol. The van der Waals surface area contributed by atoms with Crippen molar-refractivity contribution in [2.24, 2.45) is 10.2 Å². The number of fused-ring (bicyclic) bond motifs is 1. The smallest absolute Gasteiger partial charge is 0.276 e. The Morgan fingerprint density at radius 3 is 2.60 bits per heavy atom. The van der Waals surface area contributed by atoms with Crippen LogP contribution in [-0.4, -0.2) is 22.9 Å². The van der Waals surface area contributed by atoms with Crippen LogP contribution in [0.25, 0.3) is 0 Å². The minimum Gasteiger partial charge on any atom is -0.508 e. The molecule has 1 heterocycles. The van der Waals surface area contributed by atoms with Gasteiger partial charge in [0.2, 0.25) is 0 Å². The van der Waals surface area contributed by atoms with Crippen LogP contribution >= 0.6 is 0 Å². The number of carbonyl (C=O) groups is 1. The van der Waals surface area contributed by atoms with Crippen molar-refractivity contribution in [3.8, 4) is 5.75 Å². The van der Waals surface area contributed by atoms with Crippen molar-refractivity contribution in [1.29, 1.82) is 0 Å². The first kappa shape index (κ1) is 12.1. The van der Waals surface area contributed by atoms with Gasteiger partial charge in [0.25, 0.3) is 5.91 Å². The highest BCUT2D eigenvalue weighted by molar-refractivity contribution is 6.53. The Balaban J connectivity index is 1.86. The molecule has 1 aliphatic heterocycles. The Morgan fingerprint density at radius 1 is 1.05 bits per heavy atom. The lowest BCUT2D eigenvalue weighted by atomic mass is 10.1. The van der Waals surface area contributed by atoms with Crippen molar-refractivity contribution in [2.45, 2.75) is 0 Å². The van der Waals surface area contributed by atoms with Gasteiger partial charge in [-0.2, -0.15) is 5.10 Å². The summed E-state index contributed by atoms with van der Waals surface area (Å²) in [5.41, 5.74) is 2.59. The summed E-state index contributed by atoms with van der Waals surface area (Å²) in [6.45, 7) is 0. The molecule has 1 aliphatic rings. The van der Waals surface area contributed by atoms with Gasteiger partial charge in [-0.15, -0.1) is 5.10 Å². The summed E-state index contributed by atoms with van der Waals surface area (Å²) in [7, 11) is 0. The summed E-state index contributed by atoms with van der Waals surface area (Å²) in [5.74, 6) is -0.0633. The maximum atomic E-state index is 11.8. The Morgan fingerprint density at radius 2 is 1.80 bits per heavy atom. The van der Waals surface area contributed by atoms with Gasteiger partial charge in [0.1, 0.15) is 5.75 Å². The van der Waals surface area contributed by atoms with E-state index in [0.29, 0.717) is 5.71 Å². The number of carbonyl (C=O) groups excluding carboxylic acids is 1. The Hall–Kier alpha value is -2.95. The molecule has 0 saturated heterocycles. The van der Waals surface area contributed by atoms with E-state index in [1.54, 1.807) is 24.3 Å². The number of benzene rings is 2. The van der Waals surface area contributed by atoms with E-state index in [1.807, 2.05) is 24.3 Å². The topological polar surface area (TPSA) is 74.0 Å². The van der Waals surface area contributed by atoms with E-state index in [2.05, 4.69) is 15.5 Å². The molecule has 0 aromatic heterocycles. The largest absolute Gasteiger partial charge is 0.508 e. The van der Waals surface area contributed by atoms with Crippen LogP contribution in [0, 0.1) is 0 Å². The number of phenols is 1. The van der Waals surface area contributed by atoms with Crippen molar-refractivity contribution < 1.29 is 9.90 Å². The van der Waals surface area contributed by atoms with Gasteiger partial charge in [0, 0.05) is 5.56 Å². The van der Waals surface area contributed by atoms with E-state index < -0.39 is 0 Å². The highest BCUT2D eigenvalue weighted by Crippen LogP contribution is 2.22. The van der Waals surface area contributed by atoms with Gasteiger partial charge in [-0.3, -0.25) is 4.79 Å². The summed E-state index contributed by atoms with van der Waals surface area (Å²) in [4.78, 5) is 11.8. The zero-order chi connectivity index (χ0) is 13.9. The van der Waals surface area contributed by atoms with E-state index in [0.717, 1.165) is 16.8 Å². The van der Waals surface area contributed by atoms with Gasteiger partial charge in [-0.05, 0) is 35.9 Å². The third-order valence-electron chi connectivity index (χ3n) is 2.90. The molecular formula is C15H11N3O2. The molecule has 5 nitrogen and oxygen atoms in total. The molecule has 98 valence electrons. The van der Waals surface area contributed by atoms with Crippen LogP contribution in [-0.2, 0) is 4.79 Å². The van der Waals surface area contributed by atoms with Crippen LogP contribution in [0.5, 0.6) is 5.75 Å². The highest BCUT2D eigenvalue weighted by Gasteiger charge is 2.25. The first-order chi connectivity index (χ1) is 9.74. The number of nitrogens with zero attached hydrogens (tertiary/aromatic N) is 2. The molecule has 1 amide bonds. The van der Waals surface area contributed by atoms with Crippen LogP contribution in [0.4, 0.5) is 5.69 Å². The second-order valence-electron chi connectivity index (χ2n) is 4.28. The van der Waals surface area contributed by atoms with Gasteiger partial charge < -0.3 is 10.4 Å². The maximum absolute atomic E-state index is 11.8. The number of para-hydroxylation sites is 1. The van der Waals surface area contributed by atoms with E-state index in [1.165, 1.54) is 6.21 Å². The standard InChI is InChI=1S/C15H11N3O2/c19-11-7-5-10(6-8-11)9-16-18-14-12-3-1-2-4-13(12)17-15(14)20/h1-9,19H,(H,17,18,20)/b16-9-. The number of hydrogen-bond donors (Lipinski definition) is 2. The minimum absolute atomic E-state index is 0.192. The van der Waals surface area contributed by atoms with Crippen LogP contribution < -0.4 is 5.32 Å². The molecule has 5 heteroatoms. The number of nitrogens with one attached hydrogen (secondary N) is 1. The number of aromatic hydroxyl groups is 1. The average Bonchev–Trinajstić information content (AvgIpc) is 2.77. The van der Waals surface area contributed by atoms with Crippen molar-refractivity contribution >= 4 is 23.5 Å². The molecule has 20 heavy (non-hydrogen) atoms. The molecule has 0 saturated carbocycles. The lowest BCUT2D eigenvalue weighted by molar-refractivity contribution is -0.110. The SMILES string of the molecule is O=C1Nc2ccccc2C1=N/N=C\c1ccc(O)cc1. The predicted octanol–water partition coefficient (Wildman–Crippen LogP) is 2.17. The van der Waals surface area contributed by atoms with Crippen LogP contribution in [0.15, 0.2) is 58.7 Å². The highest BCUT2D eigenvalue weighted by atomic mass is 16.3. The predicted molar refractivity (Wildman–Crippen MR) is 77.3 cm³/mol. The molecule has 2 N–H and O–H groups in total. The van der Waals surface area contributed by atoms with Crippen molar-refractivity contribution in [3.05, 3.63) is 59.7 Å². The van der Waals surface area contributed by atoms with E-state index in [-0.39, 0.29) is 11.7 Å². The molecular weight excluding hydrogens is 254 g/mol. The first-order valence-corrected chi connectivity index (χ1v) is 6.05. The molecule has 3 rings (SSSR count). The summed E-state index contributed by atoms with van der Waals surface area (Å²) >= 11 is 0. The average molecular weight is 265 g/mol. The molecule has 0 spiro atoms. The number of amides is 1. The van der Waals surface area contributed by atoms with E-state index >= 15 is 0 Å². The van der Waals surface area contributed by atoms with E-state index in [9.17, 15) is 9.90 Å². The van der Waals surface area contributed by atoms with Gasteiger partial charge in [0.05, 0.1) is 11.9 Å². The molecule has 2 aromatic rings.